The van der Waals surface area contributed by atoms with Crippen molar-refractivity contribution in [1.29, 1.82) is 0 Å². The zero-order valence-electron chi connectivity index (χ0n) is 12.4. The van der Waals surface area contributed by atoms with Crippen LogP contribution < -0.4 is 15.4 Å². The molecule has 0 bridgehead atoms. The number of ether oxygens (including phenoxy) is 1. The highest BCUT2D eigenvalue weighted by Gasteiger charge is 2.17. The fraction of sp³-hybridized carbons (Fsp3) is 0.125. The Labute approximate surface area is 143 Å². The molecule has 0 fully saturated rings. The Morgan fingerprint density at radius 1 is 1.00 bits per heavy atom. The normalized spacial score (nSPS) is 10.1. The van der Waals surface area contributed by atoms with Crippen LogP contribution in [0.25, 0.3) is 0 Å². The molecule has 2 amide bonds. The topological polar surface area (TPSA) is 67.4 Å². The van der Waals surface area contributed by atoms with E-state index in [2.05, 4.69) is 10.6 Å². The van der Waals surface area contributed by atoms with Crippen LogP contribution in [0.2, 0.25) is 10.0 Å². The van der Waals surface area contributed by atoms with Crippen LogP contribution >= 0.6 is 23.2 Å². The Hall–Kier alpha value is -2.24. The Morgan fingerprint density at radius 3 is 2.30 bits per heavy atom. The van der Waals surface area contributed by atoms with Crippen molar-refractivity contribution >= 4 is 46.4 Å². The lowest BCUT2D eigenvalue weighted by atomic mass is 10.1. The number of amides is 2. The van der Waals surface area contributed by atoms with Crippen LogP contribution in [0.4, 0.5) is 11.4 Å². The third-order valence-corrected chi connectivity index (χ3v) is 3.61. The Bertz CT molecular complexity index is 763. The van der Waals surface area contributed by atoms with Crippen LogP contribution in [0.5, 0.6) is 5.75 Å². The van der Waals surface area contributed by atoms with Crippen LogP contribution in [-0.4, -0.2) is 18.9 Å². The van der Waals surface area contributed by atoms with Gasteiger partial charge in [-0.15, -0.1) is 0 Å². The van der Waals surface area contributed by atoms with Crippen molar-refractivity contribution in [3.63, 3.8) is 0 Å². The van der Waals surface area contributed by atoms with E-state index in [1.807, 2.05) is 0 Å². The number of methoxy groups -OCH3 is 1. The zero-order valence-corrected chi connectivity index (χ0v) is 14.0. The fourth-order valence-corrected chi connectivity index (χ4v) is 2.33. The Morgan fingerprint density at radius 2 is 1.70 bits per heavy atom. The van der Waals surface area contributed by atoms with Crippen LogP contribution in [0.1, 0.15) is 17.3 Å². The molecule has 2 aromatic rings. The molecule has 23 heavy (non-hydrogen) atoms. The van der Waals surface area contributed by atoms with Crippen molar-refractivity contribution in [2.45, 2.75) is 6.92 Å². The molecule has 0 aliphatic rings. The number of para-hydroxylation sites is 1. The second-order valence-electron chi connectivity index (χ2n) is 4.65. The van der Waals surface area contributed by atoms with E-state index in [0.717, 1.165) is 0 Å². The molecule has 0 unspecified atom stereocenters. The van der Waals surface area contributed by atoms with Crippen molar-refractivity contribution < 1.29 is 14.3 Å². The van der Waals surface area contributed by atoms with Crippen LogP contribution in [0.3, 0.4) is 0 Å². The Balaban J connectivity index is 2.35. The molecule has 0 spiro atoms. The zero-order chi connectivity index (χ0) is 17.0. The van der Waals surface area contributed by atoms with E-state index in [9.17, 15) is 9.59 Å². The lowest BCUT2D eigenvalue weighted by Gasteiger charge is -2.13. The van der Waals surface area contributed by atoms with E-state index in [4.69, 9.17) is 27.9 Å². The molecule has 2 N–H and O–H groups in total. The van der Waals surface area contributed by atoms with Crippen molar-refractivity contribution in [3.8, 4) is 5.75 Å². The summed E-state index contributed by atoms with van der Waals surface area (Å²) in [7, 11) is 1.42. The molecule has 7 heteroatoms. The van der Waals surface area contributed by atoms with Gasteiger partial charge in [-0.2, -0.15) is 0 Å². The molecule has 0 saturated carbocycles. The fourth-order valence-electron chi connectivity index (χ4n) is 1.94. The molecule has 0 atom stereocenters. The van der Waals surface area contributed by atoms with E-state index in [0.29, 0.717) is 16.4 Å². The first-order valence-electron chi connectivity index (χ1n) is 6.63. The van der Waals surface area contributed by atoms with E-state index in [1.54, 1.807) is 24.3 Å². The minimum absolute atomic E-state index is 0.227. The highest BCUT2D eigenvalue weighted by molar-refractivity contribution is 6.35. The number of nitrogens with one attached hydrogen (secondary N) is 2. The molecule has 0 saturated heterocycles. The van der Waals surface area contributed by atoms with Gasteiger partial charge in [0.15, 0.2) is 0 Å². The van der Waals surface area contributed by atoms with Gasteiger partial charge in [-0.25, -0.2) is 0 Å². The highest BCUT2D eigenvalue weighted by atomic mass is 35.5. The largest absolute Gasteiger partial charge is 0.496 e. The van der Waals surface area contributed by atoms with E-state index in [1.165, 1.54) is 26.2 Å². The number of anilines is 2. The first-order chi connectivity index (χ1) is 10.9. The third kappa shape index (κ3) is 4.15. The SMILES string of the molecule is COc1cc(NC(C)=O)c(Cl)cc1C(=O)Nc1ccccc1Cl. The van der Waals surface area contributed by atoms with Crippen molar-refractivity contribution in [2.75, 3.05) is 17.7 Å². The summed E-state index contributed by atoms with van der Waals surface area (Å²) in [4.78, 5) is 23.6. The summed E-state index contributed by atoms with van der Waals surface area (Å²) in [5, 5.41) is 5.91. The van der Waals surface area contributed by atoms with Gasteiger partial charge in [0.25, 0.3) is 5.91 Å². The molecule has 5 nitrogen and oxygen atoms in total. The molecule has 2 rings (SSSR count). The van der Waals surface area contributed by atoms with E-state index < -0.39 is 5.91 Å². The predicted octanol–water partition coefficient (Wildman–Crippen LogP) is 4.21. The molecule has 0 aliphatic heterocycles. The van der Waals surface area contributed by atoms with Crippen molar-refractivity contribution in [3.05, 3.63) is 52.0 Å². The van der Waals surface area contributed by atoms with Gasteiger partial charge in [-0.1, -0.05) is 35.3 Å². The number of halogens is 2. The highest BCUT2D eigenvalue weighted by Crippen LogP contribution is 2.32. The number of hydrogen-bond acceptors (Lipinski definition) is 3. The van der Waals surface area contributed by atoms with Gasteiger partial charge in [-0.05, 0) is 18.2 Å². The second-order valence-corrected chi connectivity index (χ2v) is 5.46. The predicted molar refractivity (Wildman–Crippen MR) is 91.7 cm³/mol. The third-order valence-electron chi connectivity index (χ3n) is 2.97. The minimum Gasteiger partial charge on any atom is -0.496 e. The van der Waals surface area contributed by atoms with Gasteiger partial charge in [0.1, 0.15) is 5.75 Å². The standard InChI is InChI=1S/C16H14Cl2N2O3/c1-9(21)19-14-8-15(23-2)10(7-12(14)18)16(22)20-13-6-4-3-5-11(13)17/h3-8H,1-2H3,(H,19,21)(H,20,22). The van der Waals surface area contributed by atoms with Crippen LogP contribution in [0.15, 0.2) is 36.4 Å². The van der Waals surface area contributed by atoms with Gasteiger partial charge >= 0.3 is 0 Å². The summed E-state index contributed by atoms with van der Waals surface area (Å²) < 4.78 is 5.21. The number of carbonyl (C=O) groups excluding carboxylic acids is 2. The first kappa shape index (κ1) is 17.1. The maximum atomic E-state index is 12.4. The maximum absolute atomic E-state index is 12.4. The number of carbonyl (C=O) groups is 2. The van der Waals surface area contributed by atoms with Gasteiger partial charge in [-0.3, -0.25) is 9.59 Å². The summed E-state index contributed by atoms with van der Waals surface area (Å²) >= 11 is 12.1. The van der Waals surface area contributed by atoms with Gasteiger partial charge in [0, 0.05) is 13.0 Å². The summed E-state index contributed by atoms with van der Waals surface area (Å²) in [6.45, 7) is 1.36. The Kier molecular flexibility index (Phi) is 5.47. The van der Waals surface area contributed by atoms with Crippen molar-refractivity contribution in [2.24, 2.45) is 0 Å². The molecular formula is C16H14Cl2N2O3. The number of hydrogen-bond donors (Lipinski definition) is 2. The number of benzene rings is 2. The van der Waals surface area contributed by atoms with Gasteiger partial charge in [0.2, 0.25) is 5.91 Å². The van der Waals surface area contributed by atoms with Gasteiger partial charge < -0.3 is 15.4 Å². The maximum Gasteiger partial charge on any atom is 0.259 e. The van der Waals surface area contributed by atoms with Crippen LogP contribution in [0, 0.1) is 0 Å². The molecule has 120 valence electrons. The summed E-state index contributed by atoms with van der Waals surface area (Å²) in [6, 6.07) is 9.79. The molecule has 0 radical (unpaired) electrons. The smallest absolute Gasteiger partial charge is 0.259 e. The molecule has 0 heterocycles. The molecule has 2 aromatic carbocycles. The monoisotopic (exact) mass is 352 g/mol. The molecular weight excluding hydrogens is 339 g/mol. The van der Waals surface area contributed by atoms with Crippen LogP contribution in [-0.2, 0) is 4.79 Å². The summed E-state index contributed by atoms with van der Waals surface area (Å²) in [5.41, 5.74) is 1.07. The average Bonchev–Trinajstić information content (AvgIpc) is 2.50. The van der Waals surface area contributed by atoms with E-state index in [-0.39, 0.29) is 22.2 Å². The minimum atomic E-state index is -0.425. The van der Waals surface area contributed by atoms with Crippen molar-refractivity contribution in [1.82, 2.24) is 0 Å². The van der Waals surface area contributed by atoms with E-state index >= 15 is 0 Å². The first-order valence-corrected chi connectivity index (χ1v) is 7.39. The quantitative estimate of drug-likeness (QED) is 0.865. The number of rotatable bonds is 4. The lowest BCUT2D eigenvalue weighted by molar-refractivity contribution is -0.114. The summed E-state index contributed by atoms with van der Waals surface area (Å²) in [5.74, 6) is -0.420. The molecule has 0 aliphatic carbocycles. The second kappa shape index (κ2) is 7.35. The molecule has 0 aromatic heterocycles. The lowest BCUT2D eigenvalue weighted by Crippen LogP contribution is -2.14. The average molecular weight is 353 g/mol. The summed E-state index contributed by atoms with van der Waals surface area (Å²) in [6.07, 6.45) is 0. The van der Waals surface area contributed by atoms with Gasteiger partial charge in [0.05, 0.1) is 34.1 Å².